The summed E-state index contributed by atoms with van der Waals surface area (Å²) in [5.41, 5.74) is 3.91. The van der Waals surface area contributed by atoms with Gasteiger partial charge in [-0.15, -0.1) is 0 Å². The number of amides is 1. The van der Waals surface area contributed by atoms with Gasteiger partial charge in [0.25, 0.3) is 0 Å². The molecular formula is C26H26FN3O3. The number of nitriles is 1. The lowest BCUT2D eigenvalue weighted by molar-refractivity contribution is 0.108. The first-order valence-electron chi connectivity index (χ1n) is 11.4. The van der Waals surface area contributed by atoms with Gasteiger partial charge in [-0.1, -0.05) is 12.1 Å². The molecule has 1 atom stereocenters. The third-order valence-electron chi connectivity index (χ3n) is 6.33. The molecule has 1 aromatic heterocycles. The van der Waals surface area contributed by atoms with Gasteiger partial charge in [0, 0.05) is 23.2 Å². The summed E-state index contributed by atoms with van der Waals surface area (Å²) in [5.74, 6) is 1.07. The van der Waals surface area contributed by atoms with Crippen LogP contribution in [0.4, 0.5) is 14.9 Å². The molecule has 33 heavy (non-hydrogen) atoms. The maximum absolute atomic E-state index is 12.6. The molecule has 2 fully saturated rings. The van der Waals surface area contributed by atoms with Crippen LogP contribution in [0.5, 0.6) is 5.75 Å². The highest BCUT2D eigenvalue weighted by atomic mass is 19.1. The van der Waals surface area contributed by atoms with Crippen molar-refractivity contribution in [3.8, 4) is 23.1 Å². The van der Waals surface area contributed by atoms with E-state index in [2.05, 4.69) is 16.0 Å². The Morgan fingerprint density at radius 2 is 1.97 bits per heavy atom. The van der Waals surface area contributed by atoms with Crippen molar-refractivity contribution in [3.05, 3.63) is 48.0 Å². The van der Waals surface area contributed by atoms with Crippen molar-refractivity contribution in [2.24, 2.45) is 5.92 Å². The molecule has 170 valence electrons. The Kier molecular flexibility index (Phi) is 5.67. The van der Waals surface area contributed by atoms with Crippen LogP contribution in [-0.2, 0) is 4.74 Å². The van der Waals surface area contributed by atoms with E-state index in [9.17, 15) is 14.4 Å². The molecule has 0 unspecified atom stereocenters. The van der Waals surface area contributed by atoms with Crippen molar-refractivity contribution in [1.82, 2.24) is 4.57 Å². The number of nitrogens with one attached hydrogen (secondary N) is 1. The second-order valence-corrected chi connectivity index (χ2v) is 8.80. The number of rotatable bonds is 8. The number of aromatic nitrogens is 1. The minimum absolute atomic E-state index is 0.00391. The van der Waals surface area contributed by atoms with Gasteiger partial charge in [-0.25, -0.2) is 9.18 Å². The van der Waals surface area contributed by atoms with E-state index in [0.29, 0.717) is 29.0 Å². The number of nitrogens with zero attached hydrogens (tertiary/aromatic N) is 2. The minimum atomic E-state index is -0.552. The van der Waals surface area contributed by atoms with Gasteiger partial charge in [0.1, 0.15) is 31.2 Å². The number of anilines is 1. The smallest absolute Gasteiger partial charge is 0.411 e. The fraction of sp³-hybridized carbons (Fsp3) is 0.385. The zero-order chi connectivity index (χ0) is 22.9. The molecule has 0 radical (unpaired) electrons. The van der Waals surface area contributed by atoms with Crippen molar-refractivity contribution in [2.45, 2.75) is 44.8 Å². The third kappa shape index (κ3) is 4.38. The van der Waals surface area contributed by atoms with E-state index in [0.717, 1.165) is 47.8 Å². The van der Waals surface area contributed by atoms with Gasteiger partial charge < -0.3 is 14.0 Å². The number of hydrogen-bond acceptors (Lipinski definition) is 4. The van der Waals surface area contributed by atoms with Crippen molar-refractivity contribution >= 4 is 22.7 Å². The molecule has 1 heterocycles. The molecule has 2 aliphatic carbocycles. The third-order valence-corrected chi connectivity index (χ3v) is 6.33. The molecule has 2 aliphatic rings. The summed E-state index contributed by atoms with van der Waals surface area (Å²) in [4.78, 5) is 12.2. The minimum Gasteiger partial charge on any atom is -0.491 e. The molecule has 1 N–H and O–H groups in total. The Labute approximate surface area is 191 Å². The second-order valence-electron chi connectivity index (χ2n) is 8.80. The second kappa shape index (κ2) is 8.78. The van der Waals surface area contributed by atoms with Crippen LogP contribution < -0.4 is 10.1 Å². The summed E-state index contributed by atoms with van der Waals surface area (Å²) in [6.07, 6.45) is 3.79. The highest BCUT2D eigenvalue weighted by molar-refractivity contribution is 5.96. The van der Waals surface area contributed by atoms with Gasteiger partial charge in [0.15, 0.2) is 0 Å². The predicted molar refractivity (Wildman–Crippen MR) is 124 cm³/mol. The molecule has 1 amide bonds. The normalized spacial score (nSPS) is 16.3. The summed E-state index contributed by atoms with van der Waals surface area (Å²) in [7, 11) is 0. The van der Waals surface area contributed by atoms with E-state index in [1.54, 1.807) is 6.07 Å². The van der Waals surface area contributed by atoms with E-state index in [1.807, 2.05) is 43.3 Å². The molecule has 5 rings (SSSR count). The van der Waals surface area contributed by atoms with Crippen LogP contribution in [0, 0.1) is 17.2 Å². The zero-order valence-electron chi connectivity index (χ0n) is 18.5. The fourth-order valence-corrected chi connectivity index (χ4v) is 4.33. The highest BCUT2D eigenvalue weighted by Gasteiger charge is 2.32. The number of carbonyl (C=O) groups is 1. The van der Waals surface area contributed by atoms with Gasteiger partial charge in [0.05, 0.1) is 16.8 Å². The zero-order valence-corrected chi connectivity index (χ0v) is 18.5. The number of halogens is 1. The number of carbonyl (C=O) groups excluding carboxylic acids is 1. The molecule has 0 spiro atoms. The Balaban J connectivity index is 1.45. The standard InChI is InChI=1S/C26H26FN3O3/c1-16(17-2-3-17)33-26(31)29-19-6-4-18(5-7-19)25-23(15-28)22-11-10-21(32-13-12-27)14-24(22)30(25)20-8-9-20/h4-7,10-11,14,16-17,20H,2-3,8-9,12-13H2,1H3,(H,29,31)/t16-/m1/s1. The molecule has 7 heteroatoms. The van der Waals surface area contributed by atoms with Crippen molar-refractivity contribution in [2.75, 3.05) is 18.6 Å². The summed E-state index contributed by atoms with van der Waals surface area (Å²) in [6, 6.07) is 15.7. The summed E-state index contributed by atoms with van der Waals surface area (Å²) >= 11 is 0. The average molecular weight is 448 g/mol. The van der Waals surface area contributed by atoms with Gasteiger partial charge in [-0.2, -0.15) is 5.26 Å². The maximum atomic E-state index is 12.6. The molecule has 2 saturated carbocycles. The van der Waals surface area contributed by atoms with Crippen LogP contribution in [0.25, 0.3) is 22.2 Å². The number of hydrogen-bond donors (Lipinski definition) is 1. The molecule has 0 aliphatic heterocycles. The van der Waals surface area contributed by atoms with Crippen LogP contribution in [0.15, 0.2) is 42.5 Å². The quantitative estimate of drug-likeness (QED) is 0.445. The van der Waals surface area contributed by atoms with Crippen LogP contribution in [0.1, 0.15) is 44.2 Å². The van der Waals surface area contributed by atoms with Gasteiger partial charge in [-0.05, 0) is 68.4 Å². The Bertz CT molecular complexity index is 1220. The predicted octanol–water partition coefficient (Wildman–Crippen LogP) is 6.21. The summed E-state index contributed by atoms with van der Waals surface area (Å²) in [5, 5.41) is 13.6. The molecule has 2 aromatic carbocycles. The first kappa shape index (κ1) is 21.3. The van der Waals surface area contributed by atoms with Gasteiger partial charge >= 0.3 is 6.09 Å². The first-order valence-corrected chi connectivity index (χ1v) is 11.4. The first-order chi connectivity index (χ1) is 16.1. The van der Waals surface area contributed by atoms with Crippen molar-refractivity contribution in [3.63, 3.8) is 0 Å². The van der Waals surface area contributed by atoms with Crippen LogP contribution in [0.3, 0.4) is 0 Å². The van der Waals surface area contributed by atoms with E-state index in [-0.39, 0.29) is 12.7 Å². The van der Waals surface area contributed by atoms with Gasteiger partial charge in [-0.3, -0.25) is 5.32 Å². The van der Waals surface area contributed by atoms with Gasteiger partial charge in [0.2, 0.25) is 0 Å². The van der Waals surface area contributed by atoms with E-state index < -0.39 is 12.8 Å². The maximum Gasteiger partial charge on any atom is 0.411 e. The Morgan fingerprint density at radius 3 is 2.61 bits per heavy atom. The summed E-state index contributed by atoms with van der Waals surface area (Å²) < 4.78 is 25.7. The Morgan fingerprint density at radius 1 is 1.21 bits per heavy atom. The molecule has 6 nitrogen and oxygen atoms in total. The fourth-order valence-electron chi connectivity index (χ4n) is 4.33. The van der Waals surface area contributed by atoms with Crippen molar-refractivity contribution < 1.29 is 18.7 Å². The summed E-state index contributed by atoms with van der Waals surface area (Å²) in [6.45, 7) is 1.38. The van der Waals surface area contributed by atoms with Crippen LogP contribution in [0.2, 0.25) is 0 Å². The molecule has 3 aromatic rings. The molecular weight excluding hydrogens is 421 g/mol. The molecule has 0 bridgehead atoms. The van der Waals surface area contributed by atoms with E-state index in [4.69, 9.17) is 9.47 Å². The van der Waals surface area contributed by atoms with Crippen LogP contribution in [-0.4, -0.2) is 30.0 Å². The number of fused-ring (bicyclic) bond motifs is 1. The SMILES string of the molecule is C[C@@H](OC(=O)Nc1ccc(-c2c(C#N)c3ccc(OCCF)cc3n2C2CC2)cc1)C1CC1. The number of alkyl halides is 1. The topological polar surface area (TPSA) is 76.3 Å². The van der Waals surface area contributed by atoms with E-state index in [1.165, 1.54) is 0 Å². The average Bonchev–Trinajstić information content (AvgIpc) is 3.73. The van der Waals surface area contributed by atoms with Crippen LogP contribution >= 0.6 is 0 Å². The van der Waals surface area contributed by atoms with E-state index >= 15 is 0 Å². The Hall–Kier alpha value is -3.53. The lowest BCUT2D eigenvalue weighted by Crippen LogP contribution is -2.21. The van der Waals surface area contributed by atoms with Crippen molar-refractivity contribution in [1.29, 1.82) is 5.26 Å². The number of benzene rings is 2. The monoisotopic (exact) mass is 447 g/mol. The number of ether oxygens (including phenoxy) is 2. The lowest BCUT2D eigenvalue weighted by atomic mass is 10.1. The highest BCUT2D eigenvalue weighted by Crippen LogP contribution is 2.45. The molecule has 0 saturated heterocycles. The largest absolute Gasteiger partial charge is 0.491 e. The lowest BCUT2D eigenvalue weighted by Gasteiger charge is -2.14.